The largest absolute Gasteiger partial charge is 0.508 e. The van der Waals surface area contributed by atoms with Crippen LogP contribution in [0.2, 0.25) is 0 Å². The predicted octanol–water partition coefficient (Wildman–Crippen LogP) is -1.97. The molecule has 0 saturated carbocycles. The lowest BCUT2D eigenvalue weighted by atomic mass is 10.0. The van der Waals surface area contributed by atoms with Gasteiger partial charge in [-0.1, -0.05) is 12.1 Å². The first-order valence-electron chi connectivity index (χ1n) is 9.32. The molecule has 0 aliphatic heterocycles. The number of hydrogen-bond donors (Lipinski definition) is 7. The average Bonchev–Trinajstić information content (AvgIpc) is 3.24. The van der Waals surface area contributed by atoms with Crippen LogP contribution in [0.15, 0.2) is 36.8 Å². The number of benzene rings is 1. The van der Waals surface area contributed by atoms with Gasteiger partial charge in [-0.2, -0.15) is 0 Å². The molecular formula is C19H24N6O6. The Labute approximate surface area is 177 Å². The maximum absolute atomic E-state index is 12.5. The van der Waals surface area contributed by atoms with Crippen molar-refractivity contribution >= 4 is 23.7 Å². The van der Waals surface area contributed by atoms with E-state index in [0.29, 0.717) is 5.69 Å². The third-order valence-corrected chi connectivity index (χ3v) is 4.20. The summed E-state index contributed by atoms with van der Waals surface area (Å²) in [5.41, 5.74) is 7.25. The Morgan fingerprint density at radius 1 is 1.03 bits per heavy atom. The molecule has 2 aromatic rings. The molecule has 0 aliphatic carbocycles. The highest BCUT2D eigenvalue weighted by molar-refractivity contribution is 5.92. The summed E-state index contributed by atoms with van der Waals surface area (Å²) in [6, 6.07) is 4.21. The van der Waals surface area contributed by atoms with E-state index in [1.807, 2.05) is 0 Å². The second kappa shape index (κ2) is 11.3. The molecule has 2 atom stereocenters. The molecule has 31 heavy (non-hydrogen) atoms. The van der Waals surface area contributed by atoms with E-state index in [1.54, 1.807) is 12.1 Å². The van der Waals surface area contributed by atoms with Crippen LogP contribution >= 0.6 is 0 Å². The quantitative estimate of drug-likeness (QED) is 0.212. The summed E-state index contributed by atoms with van der Waals surface area (Å²) in [5.74, 6) is -3.04. The first kappa shape index (κ1) is 23.3. The third kappa shape index (κ3) is 8.14. The van der Waals surface area contributed by atoms with Crippen molar-refractivity contribution in [3.8, 4) is 5.75 Å². The van der Waals surface area contributed by atoms with Gasteiger partial charge in [-0.05, 0) is 24.1 Å². The molecule has 0 aliphatic rings. The first-order chi connectivity index (χ1) is 14.7. The number of H-pyrrole nitrogens is 1. The number of carbonyl (C=O) groups excluding carboxylic acids is 3. The number of carbonyl (C=O) groups is 4. The molecule has 2 unspecified atom stereocenters. The van der Waals surface area contributed by atoms with E-state index >= 15 is 0 Å². The summed E-state index contributed by atoms with van der Waals surface area (Å²) in [7, 11) is 0. The number of hydrogen-bond acceptors (Lipinski definition) is 7. The standard InChI is InChI=1S/C19H24N6O6/c20-14(5-11-1-3-13(26)4-2-11)18(30)25-15(6-12-7-21-10-24-12)19(31)23-8-16(27)22-9-17(28)29/h1-4,7,10,14-15,26H,5-6,8-9,20H2,(H,21,24)(H,22,27)(H,23,31)(H,25,30)(H,28,29). The number of nitrogens with two attached hydrogens (primary N) is 1. The van der Waals surface area contributed by atoms with Gasteiger partial charge in [0.05, 0.1) is 18.9 Å². The normalized spacial score (nSPS) is 12.4. The average molecular weight is 432 g/mol. The van der Waals surface area contributed by atoms with E-state index in [-0.39, 0.29) is 18.6 Å². The van der Waals surface area contributed by atoms with Crippen LogP contribution in [0.1, 0.15) is 11.3 Å². The van der Waals surface area contributed by atoms with Gasteiger partial charge in [0.15, 0.2) is 0 Å². The minimum atomic E-state index is -1.22. The number of aromatic hydroxyl groups is 1. The zero-order chi connectivity index (χ0) is 22.8. The van der Waals surface area contributed by atoms with Crippen LogP contribution in [-0.4, -0.2) is 69.0 Å². The molecule has 0 spiro atoms. The second-order valence-corrected chi connectivity index (χ2v) is 6.71. The number of nitrogens with zero attached hydrogens (tertiary/aromatic N) is 1. The molecule has 1 aromatic carbocycles. The Morgan fingerprint density at radius 2 is 1.74 bits per heavy atom. The fourth-order valence-corrected chi connectivity index (χ4v) is 2.61. The van der Waals surface area contributed by atoms with Gasteiger partial charge in [0.25, 0.3) is 0 Å². The molecule has 3 amide bonds. The number of nitrogens with one attached hydrogen (secondary N) is 4. The number of aromatic amines is 1. The number of rotatable bonds is 11. The van der Waals surface area contributed by atoms with Gasteiger partial charge in [0.2, 0.25) is 17.7 Å². The van der Waals surface area contributed by atoms with E-state index in [0.717, 1.165) is 5.56 Å². The lowest BCUT2D eigenvalue weighted by Crippen LogP contribution is -2.54. The molecule has 1 heterocycles. The van der Waals surface area contributed by atoms with Crippen LogP contribution in [0.25, 0.3) is 0 Å². The maximum Gasteiger partial charge on any atom is 0.322 e. The van der Waals surface area contributed by atoms with Gasteiger partial charge < -0.3 is 36.9 Å². The van der Waals surface area contributed by atoms with Crippen molar-refractivity contribution in [1.82, 2.24) is 25.9 Å². The van der Waals surface area contributed by atoms with Crippen molar-refractivity contribution in [3.63, 3.8) is 0 Å². The van der Waals surface area contributed by atoms with Gasteiger partial charge >= 0.3 is 5.97 Å². The summed E-state index contributed by atoms with van der Waals surface area (Å²) in [6.07, 6.45) is 3.16. The van der Waals surface area contributed by atoms with Crippen LogP contribution in [0.4, 0.5) is 0 Å². The van der Waals surface area contributed by atoms with Crippen molar-refractivity contribution in [3.05, 3.63) is 48.0 Å². The number of aliphatic carboxylic acids is 1. The summed E-state index contributed by atoms with van der Waals surface area (Å²) < 4.78 is 0. The fraction of sp³-hybridized carbons (Fsp3) is 0.316. The highest BCUT2D eigenvalue weighted by Crippen LogP contribution is 2.11. The van der Waals surface area contributed by atoms with Crippen molar-refractivity contribution in [1.29, 1.82) is 0 Å². The number of carboxylic acid groups (broad SMARTS) is 1. The topological polar surface area (TPSA) is 200 Å². The predicted molar refractivity (Wildman–Crippen MR) is 108 cm³/mol. The smallest absolute Gasteiger partial charge is 0.322 e. The van der Waals surface area contributed by atoms with Crippen molar-refractivity contribution in [2.75, 3.05) is 13.1 Å². The highest BCUT2D eigenvalue weighted by atomic mass is 16.4. The number of phenolic OH excluding ortho intramolecular Hbond substituents is 1. The number of aromatic nitrogens is 2. The SMILES string of the molecule is NC(Cc1ccc(O)cc1)C(=O)NC(Cc1cnc[nH]1)C(=O)NCC(=O)NCC(=O)O. The van der Waals surface area contributed by atoms with Gasteiger partial charge in [0, 0.05) is 18.3 Å². The molecule has 166 valence electrons. The Kier molecular flexibility index (Phi) is 8.52. The number of phenols is 1. The summed E-state index contributed by atoms with van der Waals surface area (Å²) in [5, 5.41) is 24.9. The van der Waals surface area contributed by atoms with Gasteiger partial charge in [0.1, 0.15) is 18.3 Å². The van der Waals surface area contributed by atoms with Crippen molar-refractivity contribution in [2.45, 2.75) is 24.9 Å². The maximum atomic E-state index is 12.5. The van der Waals surface area contributed by atoms with E-state index in [9.17, 15) is 24.3 Å². The summed E-state index contributed by atoms with van der Waals surface area (Å²) in [4.78, 5) is 53.9. The molecule has 0 saturated heterocycles. The van der Waals surface area contributed by atoms with E-state index in [1.165, 1.54) is 24.7 Å². The minimum Gasteiger partial charge on any atom is -0.508 e. The lowest BCUT2D eigenvalue weighted by Gasteiger charge is -2.20. The van der Waals surface area contributed by atoms with Gasteiger partial charge in [-0.3, -0.25) is 19.2 Å². The van der Waals surface area contributed by atoms with Crippen molar-refractivity contribution < 1.29 is 29.4 Å². The molecule has 0 radical (unpaired) electrons. The van der Waals surface area contributed by atoms with Crippen LogP contribution in [0.3, 0.4) is 0 Å². The molecule has 0 fully saturated rings. The van der Waals surface area contributed by atoms with Crippen LogP contribution in [-0.2, 0) is 32.0 Å². The zero-order valence-electron chi connectivity index (χ0n) is 16.5. The Hall–Kier alpha value is -3.93. The van der Waals surface area contributed by atoms with Gasteiger partial charge in [-0.25, -0.2) is 4.98 Å². The summed E-state index contributed by atoms with van der Waals surface area (Å²) in [6.45, 7) is -1.03. The molecule has 12 heteroatoms. The van der Waals surface area contributed by atoms with E-state index in [2.05, 4.69) is 25.9 Å². The molecule has 2 rings (SSSR count). The highest BCUT2D eigenvalue weighted by Gasteiger charge is 2.25. The third-order valence-electron chi connectivity index (χ3n) is 4.20. The molecule has 1 aromatic heterocycles. The number of carboxylic acids is 1. The first-order valence-corrected chi connectivity index (χ1v) is 9.32. The molecule has 12 nitrogen and oxygen atoms in total. The fourth-order valence-electron chi connectivity index (χ4n) is 2.61. The second-order valence-electron chi connectivity index (χ2n) is 6.71. The number of imidazole rings is 1. The monoisotopic (exact) mass is 432 g/mol. The minimum absolute atomic E-state index is 0.0697. The number of amides is 3. The van der Waals surface area contributed by atoms with Gasteiger partial charge in [-0.15, -0.1) is 0 Å². The zero-order valence-corrected chi connectivity index (χ0v) is 16.5. The Balaban J connectivity index is 1.97. The molecule has 0 bridgehead atoms. The Morgan fingerprint density at radius 3 is 2.35 bits per heavy atom. The molecular weight excluding hydrogens is 408 g/mol. The summed E-state index contributed by atoms with van der Waals surface area (Å²) >= 11 is 0. The molecule has 8 N–H and O–H groups in total. The Bertz CT molecular complexity index is 899. The van der Waals surface area contributed by atoms with E-state index in [4.69, 9.17) is 10.8 Å². The van der Waals surface area contributed by atoms with Crippen LogP contribution < -0.4 is 21.7 Å². The van der Waals surface area contributed by atoms with Crippen molar-refractivity contribution in [2.24, 2.45) is 5.73 Å². The van der Waals surface area contributed by atoms with E-state index < -0.39 is 48.9 Å². The lowest BCUT2D eigenvalue weighted by molar-refractivity contribution is -0.138. The van der Waals surface area contributed by atoms with Crippen LogP contribution in [0.5, 0.6) is 5.75 Å². The van der Waals surface area contributed by atoms with Crippen LogP contribution in [0, 0.1) is 0 Å².